The molecule has 0 amide bonds. The van der Waals surface area contributed by atoms with Crippen LogP contribution in [-0.2, 0) is 10.0 Å². The fourth-order valence-electron chi connectivity index (χ4n) is 3.10. The summed E-state index contributed by atoms with van der Waals surface area (Å²) in [7, 11) is -2.23. The number of primary sulfonamides is 1. The minimum Gasteiger partial charge on any atom is -0.509 e. The molecule has 2 aromatic carbocycles. The Morgan fingerprint density at radius 1 is 1.25 bits per heavy atom. The lowest BCUT2D eigenvalue weighted by atomic mass is 10.2. The maximum absolute atomic E-state index is 11.4. The van der Waals surface area contributed by atoms with E-state index < -0.39 is 10.0 Å². The van der Waals surface area contributed by atoms with Crippen molar-refractivity contribution in [1.82, 2.24) is 9.97 Å². The van der Waals surface area contributed by atoms with Crippen molar-refractivity contribution < 1.29 is 18.3 Å². The van der Waals surface area contributed by atoms with Crippen LogP contribution in [0.5, 0.6) is 5.75 Å². The number of hydrogen-bond donors (Lipinski definition) is 4. The van der Waals surface area contributed by atoms with Crippen LogP contribution in [0.2, 0.25) is 0 Å². The van der Waals surface area contributed by atoms with Crippen LogP contribution in [0.3, 0.4) is 0 Å². The number of nitrogens with two attached hydrogens (primary N) is 1. The molecule has 9 nitrogen and oxygen atoms in total. The lowest BCUT2D eigenvalue weighted by Gasteiger charge is -2.18. The van der Waals surface area contributed by atoms with Gasteiger partial charge in [0, 0.05) is 11.8 Å². The molecule has 1 aliphatic rings. The van der Waals surface area contributed by atoms with Gasteiger partial charge in [-0.15, -0.1) is 0 Å². The summed E-state index contributed by atoms with van der Waals surface area (Å²) in [6, 6.07) is 11.1. The van der Waals surface area contributed by atoms with Crippen molar-refractivity contribution in [2.45, 2.75) is 4.90 Å². The second kappa shape index (κ2) is 6.36. The Hall–Kier alpha value is -3.37. The van der Waals surface area contributed by atoms with E-state index in [0.717, 1.165) is 5.52 Å². The molecule has 4 rings (SSSR count). The van der Waals surface area contributed by atoms with Gasteiger partial charge in [-0.2, -0.15) is 0 Å². The number of aliphatic hydroxyl groups excluding tert-OH is 1. The number of rotatable bonds is 4. The van der Waals surface area contributed by atoms with Gasteiger partial charge in [0.1, 0.15) is 23.2 Å². The van der Waals surface area contributed by atoms with E-state index in [0.29, 0.717) is 22.8 Å². The molecule has 0 aliphatic carbocycles. The third-order valence-corrected chi connectivity index (χ3v) is 5.44. The fourth-order valence-corrected chi connectivity index (χ4v) is 3.61. The van der Waals surface area contributed by atoms with Crippen molar-refractivity contribution in [3.8, 4) is 5.75 Å². The number of sulfonamides is 1. The van der Waals surface area contributed by atoms with Crippen molar-refractivity contribution in [3.05, 3.63) is 54.0 Å². The first-order valence-electron chi connectivity index (χ1n) is 8.23. The summed E-state index contributed by atoms with van der Waals surface area (Å²) in [5.41, 5.74) is 2.24. The topological polar surface area (TPSA) is 145 Å². The zero-order valence-corrected chi connectivity index (χ0v) is 15.6. The monoisotopic (exact) mass is 399 g/mol. The maximum atomic E-state index is 11.4. The summed E-state index contributed by atoms with van der Waals surface area (Å²) in [4.78, 5) is 9.08. The predicted octanol–water partition coefficient (Wildman–Crippen LogP) is 1.99. The summed E-state index contributed by atoms with van der Waals surface area (Å²) >= 11 is 0. The highest BCUT2D eigenvalue weighted by atomic mass is 32.2. The van der Waals surface area contributed by atoms with Crippen LogP contribution in [0.15, 0.2) is 53.1 Å². The van der Waals surface area contributed by atoms with Crippen LogP contribution in [0.1, 0.15) is 5.82 Å². The third-order valence-electron chi connectivity index (χ3n) is 4.51. The lowest BCUT2D eigenvalue weighted by Crippen LogP contribution is -2.26. The number of fused-ring (bicyclic) bond motifs is 1. The number of aromatic amines is 1. The molecule has 0 fully saturated rings. The maximum Gasteiger partial charge on any atom is 0.238 e. The number of anilines is 1. The molecule has 0 unspecified atom stereocenters. The van der Waals surface area contributed by atoms with Crippen LogP contribution in [-0.4, -0.2) is 43.0 Å². The summed E-state index contributed by atoms with van der Waals surface area (Å²) in [6.45, 7) is 0.0727. The van der Waals surface area contributed by atoms with Crippen molar-refractivity contribution in [3.63, 3.8) is 0 Å². The number of nitrogens with zero attached hydrogens (tertiary/aromatic N) is 2. The van der Waals surface area contributed by atoms with Gasteiger partial charge in [0.15, 0.2) is 0 Å². The quantitative estimate of drug-likeness (QED) is 0.528. The number of aliphatic hydroxyl groups is 1. The standard InChI is InChI=1S/C18H17N5O4S/c1-27-11-4-7-13-14(8-11)22-18(21-13)16-15(24)9-23(17(16)19)10-2-5-12(6-3-10)28(20,25)26/h2-8,19,24H,9H2,1H3,(H,21,22)(H2,20,25,26). The van der Waals surface area contributed by atoms with E-state index in [4.69, 9.17) is 15.3 Å². The van der Waals surface area contributed by atoms with Crippen LogP contribution in [0.25, 0.3) is 16.6 Å². The molecule has 0 bridgehead atoms. The number of nitrogens with one attached hydrogen (secondary N) is 2. The SMILES string of the molecule is COc1ccc2nc(C3=C(O)CN(c4ccc(S(N)(=O)=O)cc4)C3=N)[nH]c2c1. The highest BCUT2D eigenvalue weighted by molar-refractivity contribution is 7.89. The van der Waals surface area contributed by atoms with E-state index >= 15 is 0 Å². The van der Waals surface area contributed by atoms with E-state index in [2.05, 4.69) is 9.97 Å². The Morgan fingerprint density at radius 2 is 1.96 bits per heavy atom. The van der Waals surface area contributed by atoms with Gasteiger partial charge in [0.2, 0.25) is 10.0 Å². The minimum atomic E-state index is -3.80. The molecule has 0 saturated carbocycles. The van der Waals surface area contributed by atoms with E-state index in [1.165, 1.54) is 24.3 Å². The zero-order chi connectivity index (χ0) is 20.1. The fraction of sp³-hybridized carbons (Fsp3) is 0.111. The molecule has 0 radical (unpaired) electrons. The molecular weight excluding hydrogens is 382 g/mol. The van der Waals surface area contributed by atoms with Gasteiger partial charge < -0.3 is 19.7 Å². The number of methoxy groups -OCH3 is 1. The molecule has 3 aromatic rings. The highest BCUT2D eigenvalue weighted by Gasteiger charge is 2.31. The average Bonchev–Trinajstić information content (AvgIpc) is 3.20. The summed E-state index contributed by atoms with van der Waals surface area (Å²) in [6.07, 6.45) is 0. The van der Waals surface area contributed by atoms with Crippen LogP contribution in [0, 0.1) is 5.41 Å². The van der Waals surface area contributed by atoms with Crippen molar-refractivity contribution in [2.24, 2.45) is 5.14 Å². The Morgan fingerprint density at radius 3 is 2.61 bits per heavy atom. The second-order valence-corrected chi connectivity index (χ2v) is 7.83. The number of hydrogen-bond acceptors (Lipinski definition) is 6. The number of ether oxygens (including phenoxy) is 1. The number of amidine groups is 1. The normalized spacial score (nSPS) is 14.9. The van der Waals surface area contributed by atoms with E-state index in [1.54, 1.807) is 30.2 Å². The summed E-state index contributed by atoms with van der Waals surface area (Å²) < 4.78 is 28.0. The van der Waals surface area contributed by atoms with Gasteiger partial charge in [-0.25, -0.2) is 18.5 Å². The van der Waals surface area contributed by atoms with Crippen molar-refractivity contribution >= 4 is 38.2 Å². The van der Waals surface area contributed by atoms with Gasteiger partial charge in [0.05, 0.1) is 35.2 Å². The Kier molecular flexibility index (Phi) is 4.09. The second-order valence-electron chi connectivity index (χ2n) is 6.26. The number of benzene rings is 2. The van der Waals surface area contributed by atoms with Crippen molar-refractivity contribution in [2.75, 3.05) is 18.6 Å². The smallest absolute Gasteiger partial charge is 0.238 e. The van der Waals surface area contributed by atoms with E-state index in [1.807, 2.05) is 0 Å². The molecule has 0 saturated heterocycles. The van der Waals surface area contributed by atoms with Crippen LogP contribution >= 0.6 is 0 Å². The molecule has 5 N–H and O–H groups in total. The van der Waals surface area contributed by atoms with Gasteiger partial charge in [-0.3, -0.25) is 5.41 Å². The minimum absolute atomic E-state index is 0.00783. The predicted molar refractivity (Wildman–Crippen MR) is 105 cm³/mol. The molecule has 144 valence electrons. The first-order chi connectivity index (χ1) is 13.3. The lowest BCUT2D eigenvalue weighted by molar-refractivity contribution is 0.411. The Bertz CT molecular complexity index is 1230. The zero-order valence-electron chi connectivity index (χ0n) is 14.8. The molecule has 0 atom stereocenters. The van der Waals surface area contributed by atoms with E-state index in [9.17, 15) is 13.5 Å². The summed E-state index contributed by atoms with van der Waals surface area (Å²) in [5, 5.41) is 24.0. The first-order valence-corrected chi connectivity index (χ1v) is 9.78. The number of H-pyrrole nitrogens is 1. The number of imidazole rings is 1. The summed E-state index contributed by atoms with van der Waals surface area (Å²) in [5.74, 6) is 1.08. The van der Waals surface area contributed by atoms with Gasteiger partial charge in [-0.1, -0.05) is 0 Å². The molecule has 28 heavy (non-hydrogen) atoms. The largest absolute Gasteiger partial charge is 0.509 e. The number of aromatic nitrogens is 2. The average molecular weight is 399 g/mol. The van der Waals surface area contributed by atoms with Crippen LogP contribution < -0.4 is 14.8 Å². The molecule has 1 aromatic heterocycles. The molecule has 2 heterocycles. The molecule has 1 aliphatic heterocycles. The first kappa shape index (κ1) is 18.0. The molecule has 0 spiro atoms. The van der Waals surface area contributed by atoms with E-state index in [-0.39, 0.29) is 28.6 Å². The Labute approximate surface area is 160 Å². The molecular formula is C18H17N5O4S. The highest BCUT2D eigenvalue weighted by Crippen LogP contribution is 2.31. The van der Waals surface area contributed by atoms with Gasteiger partial charge in [0.25, 0.3) is 0 Å². The van der Waals surface area contributed by atoms with Gasteiger partial charge >= 0.3 is 0 Å². The third kappa shape index (κ3) is 2.98. The van der Waals surface area contributed by atoms with Gasteiger partial charge in [-0.05, 0) is 36.4 Å². The molecule has 10 heteroatoms. The Balaban J connectivity index is 1.67. The van der Waals surface area contributed by atoms with Crippen molar-refractivity contribution in [1.29, 1.82) is 5.41 Å². The van der Waals surface area contributed by atoms with Crippen LogP contribution in [0.4, 0.5) is 5.69 Å².